The summed E-state index contributed by atoms with van der Waals surface area (Å²) >= 11 is 0. The van der Waals surface area contributed by atoms with Crippen LogP contribution in [0.1, 0.15) is 11.4 Å². The number of nitro groups is 2. The molecule has 0 radical (unpaired) electrons. The van der Waals surface area contributed by atoms with E-state index in [1.165, 1.54) is 24.3 Å². The Kier molecular flexibility index (Phi) is 5.90. The number of aromatic nitrogens is 2. The van der Waals surface area contributed by atoms with Crippen molar-refractivity contribution in [3.05, 3.63) is 68.3 Å². The van der Waals surface area contributed by atoms with Gasteiger partial charge in [-0.15, -0.1) is 9.05 Å². The van der Waals surface area contributed by atoms with Gasteiger partial charge in [-0.2, -0.15) is 0 Å². The van der Waals surface area contributed by atoms with Gasteiger partial charge in [0.25, 0.3) is 11.4 Å². The van der Waals surface area contributed by atoms with Crippen molar-refractivity contribution in [3.63, 3.8) is 0 Å². The van der Waals surface area contributed by atoms with E-state index in [2.05, 4.69) is 9.97 Å². The quantitative estimate of drug-likeness (QED) is 0.396. The van der Waals surface area contributed by atoms with Crippen LogP contribution in [0.3, 0.4) is 0 Å². The summed E-state index contributed by atoms with van der Waals surface area (Å²) in [6.45, 7) is -0.304. The highest BCUT2D eigenvalue weighted by molar-refractivity contribution is 7.33. The van der Waals surface area contributed by atoms with Crippen LogP contribution in [-0.2, 0) is 26.8 Å². The number of rotatable bonds is 8. The molecule has 0 saturated heterocycles. The molecule has 0 atom stereocenters. The fourth-order valence-corrected chi connectivity index (χ4v) is 2.04. The van der Waals surface area contributed by atoms with Gasteiger partial charge in [-0.25, -0.2) is 0 Å². The maximum Gasteiger partial charge on any atom is 0.698 e. The molecule has 11 nitrogen and oxygen atoms in total. The van der Waals surface area contributed by atoms with Crippen molar-refractivity contribution in [1.82, 2.24) is 9.97 Å². The minimum atomic E-state index is -2.47. The first-order valence-electron chi connectivity index (χ1n) is 6.37. The monoisotopic (exact) mass is 353 g/mol. The van der Waals surface area contributed by atoms with E-state index in [9.17, 15) is 24.8 Å². The van der Waals surface area contributed by atoms with Crippen molar-refractivity contribution < 1.29 is 23.5 Å². The highest BCUT2D eigenvalue weighted by Gasteiger charge is 2.22. The number of pyridine rings is 2. The summed E-state index contributed by atoms with van der Waals surface area (Å²) in [5.74, 6) is 0. The molecule has 2 heterocycles. The van der Waals surface area contributed by atoms with Gasteiger partial charge < -0.3 is 0 Å². The van der Waals surface area contributed by atoms with E-state index in [1.54, 1.807) is 0 Å². The number of nitrogens with zero attached hydrogens (tertiary/aromatic N) is 4. The average Bonchev–Trinajstić information content (AvgIpc) is 2.58. The predicted octanol–water partition coefficient (Wildman–Crippen LogP) is 2.68. The van der Waals surface area contributed by atoms with E-state index in [-0.39, 0.29) is 24.6 Å². The molecule has 0 unspecified atom stereocenters. The van der Waals surface area contributed by atoms with Crippen LogP contribution in [0.2, 0.25) is 0 Å². The van der Waals surface area contributed by atoms with Crippen LogP contribution in [0.25, 0.3) is 0 Å². The Morgan fingerprint density at radius 3 is 1.58 bits per heavy atom. The lowest BCUT2D eigenvalue weighted by molar-refractivity contribution is -0.385. The summed E-state index contributed by atoms with van der Waals surface area (Å²) in [7, 11) is -2.47. The highest BCUT2D eigenvalue weighted by atomic mass is 31.1. The summed E-state index contributed by atoms with van der Waals surface area (Å²) in [5, 5.41) is 21.0. The molecule has 0 saturated carbocycles. The van der Waals surface area contributed by atoms with Gasteiger partial charge in [0, 0.05) is 16.7 Å². The van der Waals surface area contributed by atoms with Crippen molar-refractivity contribution in [2.75, 3.05) is 0 Å². The Bertz CT molecular complexity index is 688. The van der Waals surface area contributed by atoms with Crippen molar-refractivity contribution in [1.29, 1.82) is 0 Å². The van der Waals surface area contributed by atoms with E-state index in [0.29, 0.717) is 11.4 Å². The maximum absolute atomic E-state index is 11.6. The van der Waals surface area contributed by atoms with Crippen molar-refractivity contribution in [2.24, 2.45) is 0 Å². The number of hydrogen-bond donors (Lipinski definition) is 0. The fraction of sp³-hybridized carbons (Fsp3) is 0.167. The topological polar surface area (TPSA) is 148 Å². The Labute approximate surface area is 135 Å². The summed E-state index contributed by atoms with van der Waals surface area (Å²) < 4.78 is 21.4. The molecule has 0 N–H and O–H groups in total. The molecule has 0 aliphatic carbocycles. The molecule has 0 bridgehead atoms. The van der Waals surface area contributed by atoms with E-state index in [1.807, 2.05) is 0 Å². The molecule has 12 heteroatoms. The Morgan fingerprint density at radius 1 is 0.875 bits per heavy atom. The van der Waals surface area contributed by atoms with Gasteiger partial charge in [0.05, 0.1) is 21.2 Å². The van der Waals surface area contributed by atoms with E-state index < -0.39 is 18.1 Å². The lowest BCUT2D eigenvalue weighted by Gasteiger charge is -1.96. The van der Waals surface area contributed by atoms with Crippen LogP contribution in [-0.4, -0.2) is 19.8 Å². The van der Waals surface area contributed by atoms with Crippen LogP contribution >= 0.6 is 8.25 Å². The second-order valence-electron chi connectivity index (χ2n) is 4.30. The minimum Gasteiger partial charge on any atom is -0.258 e. The Hall–Kier alpha value is -2.88. The van der Waals surface area contributed by atoms with Crippen LogP contribution in [0, 0.1) is 20.2 Å². The van der Waals surface area contributed by atoms with Crippen molar-refractivity contribution in [2.45, 2.75) is 13.2 Å². The molecule has 0 aromatic carbocycles. The van der Waals surface area contributed by atoms with Crippen molar-refractivity contribution in [3.8, 4) is 0 Å². The summed E-state index contributed by atoms with van der Waals surface area (Å²) in [6, 6.07) is 5.25. The molecule has 0 fully saturated rings. The number of hydrogen-bond acceptors (Lipinski definition) is 9. The molecule has 2 aromatic rings. The zero-order valence-corrected chi connectivity index (χ0v) is 12.9. The Balaban J connectivity index is 1.78. The summed E-state index contributed by atoms with van der Waals surface area (Å²) in [4.78, 5) is 27.4. The summed E-state index contributed by atoms with van der Waals surface area (Å²) in [5.41, 5.74) is 0.370. The summed E-state index contributed by atoms with van der Waals surface area (Å²) in [6.07, 6.45) is 2.13. The third-order valence-corrected chi connectivity index (χ3v) is 3.36. The third-order valence-electron chi connectivity index (χ3n) is 2.68. The van der Waals surface area contributed by atoms with E-state index >= 15 is 0 Å². The van der Waals surface area contributed by atoms with Crippen molar-refractivity contribution >= 4 is 19.6 Å². The normalized spacial score (nSPS) is 10.3. The van der Waals surface area contributed by atoms with E-state index in [4.69, 9.17) is 9.05 Å². The first kappa shape index (κ1) is 17.5. The first-order chi connectivity index (χ1) is 11.5. The average molecular weight is 353 g/mol. The zero-order valence-electron chi connectivity index (χ0n) is 12.0. The van der Waals surface area contributed by atoms with Gasteiger partial charge >= 0.3 is 8.25 Å². The zero-order chi connectivity index (χ0) is 17.5. The Morgan fingerprint density at radius 2 is 1.29 bits per heavy atom. The van der Waals surface area contributed by atoms with Gasteiger partial charge in [-0.1, -0.05) is 0 Å². The standard InChI is InChI=1S/C12H10N4O7P/c17-15(18)11-3-1-9(13-5-11)7-22-24(21)23-8-10-2-4-12(6-14-10)16(19)20/h1-6H,7-8H2/q+1. The highest BCUT2D eigenvalue weighted by Crippen LogP contribution is 2.27. The second-order valence-corrected chi connectivity index (χ2v) is 5.26. The van der Waals surface area contributed by atoms with Crippen LogP contribution < -0.4 is 0 Å². The smallest absolute Gasteiger partial charge is 0.258 e. The van der Waals surface area contributed by atoms with Crippen LogP contribution in [0.4, 0.5) is 11.4 Å². The largest absolute Gasteiger partial charge is 0.698 e. The third kappa shape index (κ3) is 5.09. The molecule has 24 heavy (non-hydrogen) atoms. The van der Waals surface area contributed by atoms with Gasteiger partial charge in [0.15, 0.2) is 0 Å². The lowest BCUT2D eigenvalue weighted by atomic mass is 10.3. The van der Waals surface area contributed by atoms with Gasteiger partial charge in [0.1, 0.15) is 25.6 Å². The molecular weight excluding hydrogens is 343 g/mol. The molecule has 0 amide bonds. The minimum absolute atomic E-state index is 0.152. The van der Waals surface area contributed by atoms with Gasteiger partial charge in [-0.05, 0) is 12.1 Å². The molecular formula is C12H10N4O7P+. The fourth-order valence-electron chi connectivity index (χ4n) is 1.50. The van der Waals surface area contributed by atoms with Gasteiger partial charge in [-0.3, -0.25) is 30.2 Å². The molecule has 0 aliphatic rings. The molecule has 0 aliphatic heterocycles. The van der Waals surface area contributed by atoms with E-state index in [0.717, 1.165) is 12.4 Å². The molecule has 0 spiro atoms. The van der Waals surface area contributed by atoms with Crippen LogP contribution in [0.5, 0.6) is 0 Å². The maximum atomic E-state index is 11.6. The second kappa shape index (κ2) is 8.11. The molecule has 124 valence electrons. The van der Waals surface area contributed by atoms with Gasteiger partial charge in [0.2, 0.25) is 0 Å². The lowest BCUT2D eigenvalue weighted by Crippen LogP contribution is -1.96. The predicted molar refractivity (Wildman–Crippen MR) is 79.0 cm³/mol. The SMILES string of the molecule is O=[N+]([O-])c1ccc(CO[P+](=O)OCc2ccc([N+](=O)[O-])cn2)nc1. The first-order valence-corrected chi connectivity index (χ1v) is 7.47. The van der Waals surface area contributed by atoms with Crippen LogP contribution in [0.15, 0.2) is 36.7 Å². The molecule has 2 rings (SSSR count). The molecule has 2 aromatic heterocycles.